The van der Waals surface area contributed by atoms with Crippen LogP contribution in [0.15, 0.2) is 24.5 Å². The van der Waals surface area contributed by atoms with Crippen molar-refractivity contribution in [2.24, 2.45) is 11.8 Å². The number of hydrogen-bond acceptors (Lipinski definition) is 6. The third-order valence-corrected chi connectivity index (χ3v) is 5.48. The zero-order valence-electron chi connectivity index (χ0n) is 15.4. The Hall–Kier alpha value is -2.56. The summed E-state index contributed by atoms with van der Waals surface area (Å²) in [4.78, 5) is 11.8. The molecule has 1 aliphatic heterocycles. The summed E-state index contributed by atoms with van der Waals surface area (Å²) in [6.07, 6.45) is 4.79. The first kappa shape index (κ1) is 18.8. The molecule has 2 aromatic rings. The number of benzene rings is 1. The molecule has 1 saturated heterocycles. The quantitative estimate of drug-likeness (QED) is 0.678. The number of rotatable bonds is 5. The van der Waals surface area contributed by atoms with Gasteiger partial charge in [0.2, 0.25) is 5.75 Å². The standard InChI is InChI=1S/C20H20ClN3O4/c1-22-14-6-7-16(15(21)8-14)27-19-18(25-2)20(24-11-23-19)28-17-12-4-3-5-13(17)10-26-9-12/h6-8,11-13,17H,3-5,9-10H2,2H3. The van der Waals surface area contributed by atoms with Gasteiger partial charge >= 0.3 is 0 Å². The molecule has 1 aromatic carbocycles. The van der Waals surface area contributed by atoms with Crippen LogP contribution < -0.4 is 14.2 Å². The molecule has 7 nitrogen and oxygen atoms in total. The summed E-state index contributed by atoms with van der Waals surface area (Å²) in [5.74, 6) is 1.96. The van der Waals surface area contributed by atoms with Crippen LogP contribution in [0.3, 0.4) is 0 Å². The third-order valence-electron chi connectivity index (χ3n) is 5.18. The molecule has 2 aliphatic rings. The van der Waals surface area contributed by atoms with Gasteiger partial charge in [0.05, 0.1) is 31.9 Å². The summed E-state index contributed by atoms with van der Waals surface area (Å²) in [7, 11) is 1.52. The van der Waals surface area contributed by atoms with Crippen LogP contribution >= 0.6 is 11.6 Å². The van der Waals surface area contributed by atoms with Crippen molar-refractivity contribution >= 4 is 17.3 Å². The van der Waals surface area contributed by atoms with Gasteiger partial charge in [0.25, 0.3) is 11.8 Å². The van der Waals surface area contributed by atoms with E-state index < -0.39 is 0 Å². The van der Waals surface area contributed by atoms with Crippen LogP contribution in [0.1, 0.15) is 19.3 Å². The van der Waals surface area contributed by atoms with Gasteiger partial charge in [0.1, 0.15) is 18.2 Å². The van der Waals surface area contributed by atoms with E-state index in [1.54, 1.807) is 12.1 Å². The summed E-state index contributed by atoms with van der Waals surface area (Å²) >= 11 is 6.22. The van der Waals surface area contributed by atoms with Crippen molar-refractivity contribution in [1.82, 2.24) is 9.97 Å². The molecule has 0 radical (unpaired) electrons. The Morgan fingerprint density at radius 1 is 1.18 bits per heavy atom. The summed E-state index contributed by atoms with van der Waals surface area (Å²) in [5, 5.41) is 0.315. The summed E-state index contributed by atoms with van der Waals surface area (Å²) in [5.41, 5.74) is 0.432. The molecule has 146 valence electrons. The molecule has 1 aliphatic carbocycles. The van der Waals surface area contributed by atoms with Crippen LogP contribution in [0.5, 0.6) is 23.3 Å². The molecule has 2 fully saturated rings. The second-order valence-corrected chi connectivity index (χ2v) is 7.32. The maximum atomic E-state index is 7.06. The second-order valence-electron chi connectivity index (χ2n) is 6.92. The molecule has 2 heterocycles. The van der Waals surface area contributed by atoms with Crippen molar-refractivity contribution in [1.29, 1.82) is 0 Å². The summed E-state index contributed by atoms with van der Waals surface area (Å²) in [6.45, 7) is 8.48. The maximum Gasteiger partial charge on any atom is 0.269 e. The van der Waals surface area contributed by atoms with Gasteiger partial charge in [-0.25, -0.2) is 4.85 Å². The lowest BCUT2D eigenvalue weighted by atomic mass is 9.78. The van der Waals surface area contributed by atoms with Crippen molar-refractivity contribution in [3.05, 3.63) is 41.0 Å². The third kappa shape index (κ3) is 3.71. The van der Waals surface area contributed by atoms with E-state index in [4.69, 9.17) is 37.1 Å². The lowest BCUT2D eigenvalue weighted by Crippen LogP contribution is -2.46. The van der Waals surface area contributed by atoms with Gasteiger partial charge in [-0.05, 0) is 25.0 Å². The maximum absolute atomic E-state index is 7.06. The molecule has 28 heavy (non-hydrogen) atoms. The van der Waals surface area contributed by atoms with E-state index >= 15 is 0 Å². The number of nitrogens with zero attached hydrogens (tertiary/aromatic N) is 3. The second kappa shape index (κ2) is 8.21. The Labute approximate surface area is 168 Å². The van der Waals surface area contributed by atoms with Crippen molar-refractivity contribution in [3.8, 4) is 23.3 Å². The highest BCUT2D eigenvalue weighted by atomic mass is 35.5. The van der Waals surface area contributed by atoms with Gasteiger partial charge in [-0.2, -0.15) is 9.97 Å². The SMILES string of the molecule is [C-]#[N+]c1ccc(Oc2ncnc(OC3C4CCCC3COC4)c2OC)c(Cl)c1. The molecular formula is C20H20ClN3O4. The number of halogens is 1. The van der Waals surface area contributed by atoms with Crippen LogP contribution in [0, 0.1) is 18.4 Å². The highest BCUT2D eigenvalue weighted by molar-refractivity contribution is 6.32. The Morgan fingerprint density at radius 2 is 1.93 bits per heavy atom. The van der Waals surface area contributed by atoms with E-state index in [0.29, 0.717) is 53.1 Å². The van der Waals surface area contributed by atoms with Gasteiger partial charge in [-0.15, -0.1) is 0 Å². The van der Waals surface area contributed by atoms with Crippen molar-refractivity contribution in [2.45, 2.75) is 25.4 Å². The average molecular weight is 402 g/mol. The number of methoxy groups -OCH3 is 1. The van der Waals surface area contributed by atoms with Gasteiger partial charge in [-0.1, -0.05) is 24.1 Å². The molecule has 0 amide bonds. The average Bonchev–Trinajstić information content (AvgIpc) is 2.69. The first-order valence-corrected chi connectivity index (χ1v) is 9.55. The van der Waals surface area contributed by atoms with E-state index in [1.807, 2.05) is 0 Å². The van der Waals surface area contributed by atoms with Crippen LogP contribution in [0.4, 0.5) is 5.69 Å². The lowest BCUT2D eigenvalue weighted by Gasteiger charge is -2.41. The van der Waals surface area contributed by atoms with Gasteiger partial charge < -0.3 is 18.9 Å². The molecule has 2 atom stereocenters. The minimum Gasteiger partial charge on any atom is -0.487 e. The number of hydrogen-bond donors (Lipinski definition) is 0. The van der Waals surface area contributed by atoms with E-state index in [9.17, 15) is 0 Å². The van der Waals surface area contributed by atoms with E-state index in [1.165, 1.54) is 25.9 Å². The van der Waals surface area contributed by atoms with Crippen molar-refractivity contribution in [3.63, 3.8) is 0 Å². The van der Waals surface area contributed by atoms with Crippen LogP contribution in [0.25, 0.3) is 4.85 Å². The summed E-state index contributed by atoms with van der Waals surface area (Å²) < 4.78 is 23.3. The van der Waals surface area contributed by atoms with E-state index in [-0.39, 0.29) is 12.0 Å². The molecule has 4 rings (SSSR count). The van der Waals surface area contributed by atoms with Gasteiger partial charge in [-0.3, -0.25) is 0 Å². The van der Waals surface area contributed by atoms with Crippen molar-refractivity contribution < 1.29 is 18.9 Å². The van der Waals surface area contributed by atoms with Crippen LogP contribution in [-0.4, -0.2) is 36.4 Å². The fourth-order valence-electron chi connectivity index (χ4n) is 3.82. The smallest absolute Gasteiger partial charge is 0.269 e. The topological polar surface area (TPSA) is 67.1 Å². The first-order chi connectivity index (χ1) is 13.7. The Bertz CT molecular complexity index is 880. The highest BCUT2D eigenvalue weighted by Gasteiger charge is 2.39. The fourth-order valence-corrected chi connectivity index (χ4v) is 4.04. The Kier molecular flexibility index (Phi) is 5.51. The molecule has 2 unspecified atom stereocenters. The normalized spacial score (nSPS) is 23.5. The molecule has 8 heteroatoms. The number of fused-ring (bicyclic) bond motifs is 2. The summed E-state index contributed by atoms with van der Waals surface area (Å²) in [6, 6.07) is 4.79. The predicted octanol–water partition coefficient (Wildman–Crippen LogP) is 4.68. The van der Waals surface area contributed by atoms with Crippen molar-refractivity contribution in [2.75, 3.05) is 20.3 Å². The first-order valence-electron chi connectivity index (χ1n) is 9.18. The predicted molar refractivity (Wildman–Crippen MR) is 102 cm³/mol. The van der Waals surface area contributed by atoms with Gasteiger partial charge in [0, 0.05) is 11.8 Å². The zero-order chi connectivity index (χ0) is 19.5. The molecule has 1 aromatic heterocycles. The monoisotopic (exact) mass is 401 g/mol. The van der Waals surface area contributed by atoms with Gasteiger partial charge in [0.15, 0.2) is 5.69 Å². The zero-order valence-corrected chi connectivity index (χ0v) is 16.2. The highest BCUT2D eigenvalue weighted by Crippen LogP contribution is 2.42. The van der Waals surface area contributed by atoms with E-state index in [2.05, 4.69) is 14.8 Å². The van der Waals surface area contributed by atoms with Crippen LogP contribution in [-0.2, 0) is 4.74 Å². The molecule has 2 bridgehead atoms. The minimum atomic E-state index is 0.0423. The molecule has 1 saturated carbocycles. The Balaban J connectivity index is 1.59. The largest absolute Gasteiger partial charge is 0.487 e. The minimum absolute atomic E-state index is 0.0423. The molecular weight excluding hydrogens is 382 g/mol. The molecule has 0 spiro atoms. The fraction of sp³-hybridized carbons (Fsp3) is 0.450. The Morgan fingerprint density at radius 3 is 2.61 bits per heavy atom. The van der Waals surface area contributed by atoms with Crippen LogP contribution in [0.2, 0.25) is 5.02 Å². The van der Waals surface area contributed by atoms with E-state index in [0.717, 1.165) is 12.8 Å². The molecule has 0 N–H and O–H groups in total. The lowest BCUT2D eigenvalue weighted by molar-refractivity contribution is -0.0924. The number of aromatic nitrogens is 2. The number of ether oxygens (including phenoxy) is 4.